The number of aryl methyl sites for hydroxylation is 1. The first-order valence-electron chi connectivity index (χ1n) is 10.6. The molecule has 0 bridgehead atoms. The van der Waals surface area contributed by atoms with Gasteiger partial charge < -0.3 is 28.1 Å². The van der Waals surface area contributed by atoms with Gasteiger partial charge in [0.2, 0.25) is 12.0 Å². The predicted octanol–water partition coefficient (Wildman–Crippen LogP) is 4.86. The van der Waals surface area contributed by atoms with Crippen LogP contribution in [0.3, 0.4) is 0 Å². The van der Waals surface area contributed by atoms with E-state index < -0.39 is 6.23 Å². The van der Waals surface area contributed by atoms with E-state index in [-0.39, 0.29) is 6.04 Å². The second-order valence-corrected chi connectivity index (χ2v) is 7.86. The molecule has 2 aliphatic rings. The SMILES string of the molecule is COc1cc([C@H]2Oc3c(OC)cccc3[C@@H]3CC(c4ccc(C)o4)=NN23)cc(OC)c1OC. The molecule has 2 atom stereocenters. The predicted molar refractivity (Wildman–Crippen MR) is 122 cm³/mol. The zero-order valence-corrected chi connectivity index (χ0v) is 19.2. The molecule has 0 amide bonds. The third kappa shape index (κ3) is 3.42. The normalized spacial score (nSPS) is 18.7. The molecule has 0 aliphatic carbocycles. The van der Waals surface area contributed by atoms with Gasteiger partial charge in [0.15, 0.2) is 23.0 Å². The Balaban J connectivity index is 1.65. The van der Waals surface area contributed by atoms with Gasteiger partial charge in [-0.05, 0) is 37.3 Å². The molecule has 0 N–H and O–H groups in total. The number of benzene rings is 2. The van der Waals surface area contributed by atoms with E-state index in [1.807, 2.05) is 54.4 Å². The Hall–Kier alpha value is -3.81. The van der Waals surface area contributed by atoms with Crippen LogP contribution in [0, 0.1) is 6.92 Å². The molecule has 0 saturated carbocycles. The van der Waals surface area contributed by atoms with Gasteiger partial charge in [0.1, 0.15) is 17.2 Å². The Labute approximate surface area is 192 Å². The Morgan fingerprint density at radius 2 is 1.64 bits per heavy atom. The zero-order valence-electron chi connectivity index (χ0n) is 19.2. The smallest absolute Gasteiger partial charge is 0.214 e. The van der Waals surface area contributed by atoms with Crippen molar-refractivity contribution in [2.75, 3.05) is 28.4 Å². The van der Waals surface area contributed by atoms with Crippen LogP contribution < -0.4 is 23.7 Å². The molecule has 2 aliphatic heterocycles. The van der Waals surface area contributed by atoms with Crippen LogP contribution in [0.2, 0.25) is 0 Å². The second-order valence-electron chi connectivity index (χ2n) is 7.86. The van der Waals surface area contributed by atoms with Crippen LogP contribution >= 0.6 is 0 Å². The van der Waals surface area contributed by atoms with Crippen molar-refractivity contribution >= 4 is 5.71 Å². The van der Waals surface area contributed by atoms with E-state index >= 15 is 0 Å². The molecule has 3 heterocycles. The van der Waals surface area contributed by atoms with Gasteiger partial charge in [-0.1, -0.05) is 12.1 Å². The lowest BCUT2D eigenvalue weighted by molar-refractivity contribution is -0.0211. The minimum atomic E-state index is -0.541. The van der Waals surface area contributed by atoms with E-state index in [4.69, 9.17) is 33.2 Å². The highest BCUT2D eigenvalue weighted by atomic mass is 16.5. The van der Waals surface area contributed by atoms with Gasteiger partial charge >= 0.3 is 0 Å². The molecule has 33 heavy (non-hydrogen) atoms. The molecule has 1 aromatic heterocycles. The van der Waals surface area contributed by atoms with Crippen LogP contribution in [0.25, 0.3) is 0 Å². The average Bonchev–Trinajstić information content (AvgIpc) is 3.48. The lowest BCUT2D eigenvalue weighted by Crippen LogP contribution is -2.34. The van der Waals surface area contributed by atoms with Gasteiger partial charge in [-0.25, -0.2) is 5.01 Å². The van der Waals surface area contributed by atoms with E-state index in [0.29, 0.717) is 35.2 Å². The van der Waals surface area contributed by atoms with Crippen molar-refractivity contribution in [1.82, 2.24) is 5.01 Å². The van der Waals surface area contributed by atoms with Crippen molar-refractivity contribution in [1.29, 1.82) is 0 Å². The van der Waals surface area contributed by atoms with Crippen molar-refractivity contribution in [3.8, 4) is 28.7 Å². The summed E-state index contributed by atoms with van der Waals surface area (Å²) in [5.41, 5.74) is 2.69. The van der Waals surface area contributed by atoms with Gasteiger partial charge in [0.25, 0.3) is 0 Å². The van der Waals surface area contributed by atoms with Gasteiger partial charge in [-0.2, -0.15) is 5.10 Å². The summed E-state index contributed by atoms with van der Waals surface area (Å²) in [5.74, 6) is 4.59. The number of hydrazone groups is 1. The van der Waals surface area contributed by atoms with Gasteiger partial charge in [-0.15, -0.1) is 0 Å². The third-order valence-corrected chi connectivity index (χ3v) is 6.00. The molecule has 8 nitrogen and oxygen atoms in total. The first-order chi connectivity index (χ1) is 16.1. The Morgan fingerprint density at radius 3 is 2.24 bits per heavy atom. The average molecular weight is 450 g/mol. The fourth-order valence-corrected chi connectivity index (χ4v) is 4.45. The molecule has 172 valence electrons. The molecule has 0 saturated heterocycles. The van der Waals surface area contributed by atoms with Gasteiger partial charge in [-0.3, -0.25) is 0 Å². The van der Waals surface area contributed by atoms with Crippen LogP contribution in [0.15, 0.2) is 52.0 Å². The summed E-state index contributed by atoms with van der Waals surface area (Å²) in [6.45, 7) is 1.92. The lowest BCUT2D eigenvalue weighted by Gasteiger charge is -2.38. The van der Waals surface area contributed by atoms with E-state index in [0.717, 1.165) is 28.4 Å². The summed E-state index contributed by atoms with van der Waals surface area (Å²) >= 11 is 0. The second kappa shape index (κ2) is 8.27. The fourth-order valence-electron chi connectivity index (χ4n) is 4.45. The summed E-state index contributed by atoms with van der Waals surface area (Å²) in [6, 6.07) is 13.5. The summed E-state index contributed by atoms with van der Waals surface area (Å²) in [7, 11) is 6.41. The molecule has 0 unspecified atom stereocenters. The number of rotatable bonds is 6. The quantitative estimate of drug-likeness (QED) is 0.531. The van der Waals surface area contributed by atoms with Crippen LogP contribution in [0.1, 0.15) is 41.3 Å². The Morgan fingerprint density at radius 1 is 0.909 bits per heavy atom. The first-order valence-corrected chi connectivity index (χ1v) is 10.6. The maximum Gasteiger partial charge on any atom is 0.214 e. The van der Waals surface area contributed by atoms with Crippen molar-refractivity contribution in [2.24, 2.45) is 5.10 Å². The number of hydrogen-bond acceptors (Lipinski definition) is 8. The fraction of sp³-hybridized carbons (Fsp3) is 0.320. The number of hydrogen-bond donors (Lipinski definition) is 0. The number of nitrogens with zero attached hydrogens (tertiary/aromatic N) is 2. The van der Waals surface area contributed by atoms with Crippen molar-refractivity contribution < 1.29 is 28.1 Å². The van der Waals surface area contributed by atoms with E-state index in [9.17, 15) is 0 Å². The maximum atomic E-state index is 6.53. The van der Waals surface area contributed by atoms with Crippen LogP contribution in [-0.4, -0.2) is 39.2 Å². The van der Waals surface area contributed by atoms with Crippen molar-refractivity contribution in [3.05, 3.63) is 65.1 Å². The van der Waals surface area contributed by atoms with E-state index in [2.05, 4.69) is 0 Å². The van der Waals surface area contributed by atoms with E-state index in [1.54, 1.807) is 28.4 Å². The minimum absolute atomic E-state index is 0.0478. The van der Waals surface area contributed by atoms with Gasteiger partial charge in [0, 0.05) is 17.5 Å². The molecule has 0 radical (unpaired) electrons. The number of ether oxygens (including phenoxy) is 5. The van der Waals surface area contributed by atoms with Gasteiger partial charge in [0.05, 0.1) is 34.5 Å². The molecule has 8 heteroatoms. The number of methoxy groups -OCH3 is 4. The maximum absolute atomic E-state index is 6.53. The summed E-state index contributed by atoms with van der Waals surface area (Å²) in [6.07, 6.45) is 0.137. The summed E-state index contributed by atoms with van der Waals surface area (Å²) in [5, 5.41) is 6.90. The summed E-state index contributed by atoms with van der Waals surface area (Å²) < 4.78 is 34.7. The number of fused-ring (bicyclic) bond motifs is 3. The molecule has 2 aromatic carbocycles. The Kier molecular flexibility index (Phi) is 5.28. The highest BCUT2D eigenvalue weighted by Crippen LogP contribution is 2.52. The van der Waals surface area contributed by atoms with Crippen molar-refractivity contribution in [3.63, 3.8) is 0 Å². The highest BCUT2D eigenvalue weighted by molar-refractivity contribution is 5.99. The summed E-state index contributed by atoms with van der Waals surface area (Å²) in [4.78, 5) is 0. The topological polar surface area (TPSA) is 74.9 Å². The van der Waals surface area contributed by atoms with E-state index in [1.165, 1.54) is 0 Å². The van der Waals surface area contributed by atoms with Crippen LogP contribution in [-0.2, 0) is 0 Å². The molecular weight excluding hydrogens is 424 g/mol. The van der Waals surface area contributed by atoms with Crippen molar-refractivity contribution in [2.45, 2.75) is 25.6 Å². The minimum Gasteiger partial charge on any atom is -0.493 e. The molecule has 0 fully saturated rings. The highest BCUT2D eigenvalue weighted by Gasteiger charge is 2.43. The first kappa shape index (κ1) is 21.1. The number of furan rings is 1. The monoisotopic (exact) mass is 450 g/mol. The third-order valence-electron chi connectivity index (χ3n) is 6.00. The van der Waals surface area contributed by atoms with Crippen LogP contribution in [0.4, 0.5) is 0 Å². The standard InChI is InChI=1S/C25H26N2O6/c1-14-9-10-19(32-14)17-13-18-16-7-6-8-20(28-2)23(16)33-25(27(18)26-17)15-11-21(29-3)24(31-5)22(12-15)30-4/h6-12,18,25H,13H2,1-5H3/t18-,25+/m0/s1. The molecule has 5 rings (SSSR count). The lowest BCUT2D eigenvalue weighted by atomic mass is 9.97. The molecule has 3 aromatic rings. The zero-order chi connectivity index (χ0) is 23.1. The Bertz CT molecular complexity index is 1190. The molecule has 0 spiro atoms. The number of para-hydroxylation sites is 1. The van der Waals surface area contributed by atoms with Crippen LogP contribution in [0.5, 0.6) is 28.7 Å². The molecular formula is C25H26N2O6. The largest absolute Gasteiger partial charge is 0.493 e.